The number of amides is 1. The minimum atomic E-state index is -0.307. The Morgan fingerprint density at radius 2 is 2.00 bits per heavy atom. The number of ether oxygens (including phenoxy) is 1. The number of aromatic nitrogens is 1. The molecule has 0 unspecified atom stereocenters. The predicted octanol–water partition coefficient (Wildman–Crippen LogP) is 3.90. The number of nitriles is 1. The molecule has 1 heterocycles. The highest BCUT2D eigenvalue weighted by Crippen LogP contribution is 2.25. The number of carbonyl (C=O) groups excluding carboxylic acids is 2. The third kappa shape index (κ3) is 6.66. The highest BCUT2D eigenvalue weighted by Gasteiger charge is 2.18. The van der Waals surface area contributed by atoms with Gasteiger partial charge in [-0.05, 0) is 44.0 Å². The smallest absolute Gasteiger partial charge is 0.311 e. The number of thiazole rings is 1. The molecule has 0 saturated heterocycles. The molecule has 8 heteroatoms. The fourth-order valence-corrected chi connectivity index (χ4v) is 4.38. The molecule has 0 radical (unpaired) electrons. The normalized spacial score (nSPS) is 10.4. The van der Waals surface area contributed by atoms with E-state index in [0.29, 0.717) is 18.8 Å². The fourth-order valence-electron chi connectivity index (χ4n) is 2.66. The van der Waals surface area contributed by atoms with Gasteiger partial charge in [-0.3, -0.25) is 9.59 Å². The summed E-state index contributed by atoms with van der Waals surface area (Å²) in [5, 5.41) is 10.7. The summed E-state index contributed by atoms with van der Waals surface area (Å²) in [6.45, 7) is 6.43. The molecule has 0 spiro atoms. The van der Waals surface area contributed by atoms with Gasteiger partial charge in [0.1, 0.15) is 0 Å². The Labute approximate surface area is 173 Å². The van der Waals surface area contributed by atoms with E-state index >= 15 is 0 Å². The minimum Gasteiger partial charge on any atom is -0.466 e. The van der Waals surface area contributed by atoms with Crippen molar-refractivity contribution in [3.63, 3.8) is 0 Å². The molecule has 28 heavy (non-hydrogen) atoms. The molecular formula is C20H23N3O3S2. The second-order valence-corrected chi connectivity index (χ2v) is 8.26. The zero-order chi connectivity index (χ0) is 20.5. The number of hydrogen-bond acceptors (Lipinski definition) is 7. The maximum atomic E-state index is 12.8. The van der Waals surface area contributed by atoms with Crippen molar-refractivity contribution in [2.45, 2.75) is 38.0 Å². The summed E-state index contributed by atoms with van der Waals surface area (Å²) in [6.07, 6.45) is 0.403. The summed E-state index contributed by atoms with van der Waals surface area (Å²) in [5.74, 6) is -0.171. The first-order chi connectivity index (χ1) is 13.4. The number of anilines is 1. The van der Waals surface area contributed by atoms with Crippen molar-refractivity contribution in [3.05, 3.63) is 40.4 Å². The van der Waals surface area contributed by atoms with Gasteiger partial charge in [0.05, 0.1) is 37.0 Å². The highest BCUT2D eigenvalue weighted by atomic mass is 32.2. The van der Waals surface area contributed by atoms with Gasteiger partial charge in [-0.25, -0.2) is 4.98 Å². The van der Waals surface area contributed by atoms with E-state index < -0.39 is 0 Å². The first-order valence-electron chi connectivity index (χ1n) is 8.91. The first kappa shape index (κ1) is 21.9. The Balaban J connectivity index is 2.03. The SMILES string of the molecule is CCOC(=O)Cc1csc(SCC(=O)N(CCC#N)c2cc(C)cc(C)c2)n1. The minimum absolute atomic E-state index is 0.0765. The lowest BCUT2D eigenvalue weighted by Gasteiger charge is -2.22. The van der Waals surface area contributed by atoms with Crippen LogP contribution >= 0.6 is 23.1 Å². The van der Waals surface area contributed by atoms with Gasteiger partial charge >= 0.3 is 5.97 Å². The summed E-state index contributed by atoms with van der Waals surface area (Å²) in [4.78, 5) is 30.4. The summed E-state index contributed by atoms with van der Waals surface area (Å²) < 4.78 is 5.65. The summed E-state index contributed by atoms with van der Waals surface area (Å²) in [5.41, 5.74) is 3.59. The first-order valence-corrected chi connectivity index (χ1v) is 10.8. The molecule has 2 aromatic rings. The van der Waals surface area contributed by atoms with Gasteiger partial charge in [-0.15, -0.1) is 11.3 Å². The molecule has 1 aromatic carbocycles. The third-order valence-electron chi connectivity index (χ3n) is 3.75. The Kier molecular flexibility index (Phi) is 8.48. The molecule has 0 N–H and O–H groups in total. The number of rotatable bonds is 9. The molecule has 1 amide bonds. The standard InChI is InChI=1S/C20H23N3O3S2/c1-4-26-19(25)11-16-12-27-20(22-16)28-13-18(24)23(7-5-6-21)17-9-14(2)8-15(3)10-17/h8-10,12H,4-5,7,11,13H2,1-3H3. The lowest BCUT2D eigenvalue weighted by Crippen LogP contribution is -2.33. The van der Waals surface area contributed by atoms with Crippen molar-refractivity contribution in [2.24, 2.45) is 0 Å². The van der Waals surface area contributed by atoms with E-state index in [-0.39, 0.29) is 30.5 Å². The predicted molar refractivity (Wildman–Crippen MR) is 112 cm³/mol. The number of benzene rings is 1. The Morgan fingerprint density at radius 1 is 1.29 bits per heavy atom. The van der Waals surface area contributed by atoms with Crippen molar-refractivity contribution in [1.29, 1.82) is 5.26 Å². The van der Waals surface area contributed by atoms with E-state index in [1.54, 1.807) is 17.2 Å². The molecule has 148 valence electrons. The van der Waals surface area contributed by atoms with Gasteiger partial charge in [0.15, 0.2) is 4.34 Å². The molecular weight excluding hydrogens is 394 g/mol. The summed E-state index contributed by atoms with van der Waals surface area (Å²) >= 11 is 2.74. The van der Waals surface area contributed by atoms with Crippen LogP contribution in [0.1, 0.15) is 30.2 Å². The lowest BCUT2D eigenvalue weighted by molar-refractivity contribution is -0.142. The molecule has 1 aromatic heterocycles. The van der Waals surface area contributed by atoms with Crippen molar-refractivity contribution >= 4 is 40.7 Å². The van der Waals surface area contributed by atoms with Crippen LogP contribution < -0.4 is 4.90 Å². The molecule has 0 bridgehead atoms. The number of thioether (sulfide) groups is 1. The van der Waals surface area contributed by atoms with Gasteiger partial charge in [0.25, 0.3) is 0 Å². The molecule has 2 rings (SSSR count). The number of nitrogens with zero attached hydrogens (tertiary/aromatic N) is 3. The molecule has 0 atom stereocenters. The number of hydrogen-bond donors (Lipinski definition) is 0. The number of aryl methyl sites for hydroxylation is 2. The summed E-state index contributed by atoms with van der Waals surface area (Å²) in [6, 6.07) is 8.05. The van der Waals surface area contributed by atoms with Crippen molar-refractivity contribution in [1.82, 2.24) is 4.98 Å². The van der Waals surface area contributed by atoms with Gasteiger partial charge in [-0.1, -0.05) is 17.8 Å². The van der Waals surface area contributed by atoms with E-state index in [1.165, 1.54) is 23.1 Å². The van der Waals surface area contributed by atoms with Crippen LogP contribution in [0, 0.1) is 25.2 Å². The third-order valence-corrected chi connectivity index (χ3v) is 5.80. The zero-order valence-electron chi connectivity index (χ0n) is 16.2. The van der Waals surface area contributed by atoms with Gasteiger partial charge in [-0.2, -0.15) is 5.26 Å². The number of carbonyl (C=O) groups is 2. The van der Waals surface area contributed by atoms with Crippen LogP contribution in [0.15, 0.2) is 27.9 Å². The molecule has 0 aliphatic heterocycles. The molecule has 0 fully saturated rings. The van der Waals surface area contributed by atoms with Gasteiger partial charge in [0, 0.05) is 17.6 Å². The largest absolute Gasteiger partial charge is 0.466 e. The van der Waals surface area contributed by atoms with Crippen LogP contribution in [0.3, 0.4) is 0 Å². The summed E-state index contributed by atoms with van der Waals surface area (Å²) in [7, 11) is 0. The van der Waals surface area contributed by atoms with E-state index in [1.807, 2.05) is 32.0 Å². The van der Waals surface area contributed by atoms with Crippen molar-refractivity contribution in [3.8, 4) is 6.07 Å². The maximum Gasteiger partial charge on any atom is 0.311 e. The zero-order valence-corrected chi connectivity index (χ0v) is 17.9. The molecule has 0 aliphatic carbocycles. The molecule has 6 nitrogen and oxygen atoms in total. The van der Waals surface area contributed by atoms with E-state index in [9.17, 15) is 9.59 Å². The van der Waals surface area contributed by atoms with Crippen LogP contribution in [0.4, 0.5) is 5.69 Å². The molecule has 0 aliphatic rings. The monoisotopic (exact) mass is 417 g/mol. The number of esters is 1. The van der Waals surface area contributed by atoms with Crippen molar-refractivity contribution < 1.29 is 14.3 Å². The van der Waals surface area contributed by atoms with E-state index in [2.05, 4.69) is 11.1 Å². The van der Waals surface area contributed by atoms with E-state index in [4.69, 9.17) is 10.00 Å². The second-order valence-electron chi connectivity index (χ2n) is 6.17. The van der Waals surface area contributed by atoms with Gasteiger partial charge in [0.2, 0.25) is 5.91 Å². The van der Waals surface area contributed by atoms with Crippen molar-refractivity contribution in [2.75, 3.05) is 23.8 Å². The Hall–Kier alpha value is -2.37. The quantitative estimate of drug-likeness (QED) is 0.454. The highest BCUT2D eigenvalue weighted by molar-refractivity contribution is 8.01. The van der Waals surface area contributed by atoms with Crippen LogP contribution in [-0.2, 0) is 20.7 Å². The lowest BCUT2D eigenvalue weighted by atomic mass is 10.1. The van der Waals surface area contributed by atoms with E-state index in [0.717, 1.165) is 21.2 Å². The van der Waals surface area contributed by atoms with Crippen LogP contribution in [0.5, 0.6) is 0 Å². The second kappa shape index (κ2) is 10.8. The van der Waals surface area contributed by atoms with Crippen LogP contribution in [0.25, 0.3) is 0 Å². The van der Waals surface area contributed by atoms with Gasteiger partial charge < -0.3 is 9.64 Å². The topological polar surface area (TPSA) is 83.3 Å². The average molecular weight is 418 g/mol. The Morgan fingerprint density at radius 3 is 2.64 bits per heavy atom. The molecule has 0 saturated carbocycles. The maximum absolute atomic E-state index is 12.8. The Bertz CT molecular complexity index is 854. The van der Waals surface area contributed by atoms with Crippen LogP contribution in [-0.4, -0.2) is 35.8 Å². The van der Waals surface area contributed by atoms with Crippen LogP contribution in [0.2, 0.25) is 0 Å². The fraction of sp³-hybridized carbons (Fsp3) is 0.400. The average Bonchev–Trinajstić information content (AvgIpc) is 3.07.